The third-order valence-electron chi connectivity index (χ3n) is 2.64. The molecule has 0 saturated carbocycles. The van der Waals surface area contributed by atoms with Crippen molar-refractivity contribution in [3.63, 3.8) is 0 Å². The summed E-state index contributed by atoms with van der Waals surface area (Å²) in [7, 11) is 1.58. The van der Waals surface area contributed by atoms with Gasteiger partial charge in [0, 0.05) is 18.7 Å². The van der Waals surface area contributed by atoms with E-state index in [2.05, 4.69) is 15.4 Å². The highest BCUT2D eigenvalue weighted by Gasteiger charge is 2.08. The van der Waals surface area contributed by atoms with Gasteiger partial charge in [0.15, 0.2) is 5.82 Å². The number of aryl methyl sites for hydroxylation is 1. The Morgan fingerprint density at radius 2 is 2.11 bits per heavy atom. The Bertz CT molecular complexity index is 589. The van der Waals surface area contributed by atoms with E-state index < -0.39 is 0 Å². The van der Waals surface area contributed by atoms with Crippen LogP contribution in [-0.2, 0) is 11.3 Å². The standard InChI is InChI=1S/C13H15FN4O/c1-8-5-9(3-4-11(8)14)13-16-10(7-19-2)6-12(17-13)18-15/h3-6H,7,15H2,1-2H3,(H,16,17,18). The van der Waals surface area contributed by atoms with Gasteiger partial charge in [-0.05, 0) is 30.7 Å². The van der Waals surface area contributed by atoms with Crippen LogP contribution in [0.25, 0.3) is 11.4 Å². The molecule has 1 aromatic heterocycles. The third-order valence-corrected chi connectivity index (χ3v) is 2.64. The second kappa shape index (κ2) is 5.73. The second-order valence-electron chi connectivity index (χ2n) is 4.11. The SMILES string of the molecule is COCc1cc(NN)nc(-c2ccc(F)c(C)c2)n1. The van der Waals surface area contributed by atoms with Crippen LogP contribution in [0.5, 0.6) is 0 Å². The van der Waals surface area contributed by atoms with Crippen LogP contribution in [0.15, 0.2) is 24.3 Å². The van der Waals surface area contributed by atoms with Gasteiger partial charge in [0.25, 0.3) is 0 Å². The highest BCUT2D eigenvalue weighted by atomic mass is 19.1. The van der Waals surface area contributed by atoms with Crippen molar-refractivity contribution in [2.75, 3.05) is 12.5 Å². The fourth-order valence-corrected chi connectivity index (χ4v) is 1.71. The summed E-state index contributed by atoms with van der Waals surface area (Å²) in [6.07, 6.45) is 0. The molecule has 19 heavy (non-hydrogen) atoms. The lowest BCUT2D eigenvalue weighted by Gasteiger charge is -2.08. The maximum Gasteiger partial charge on any atom is 0.161 e. The van der Waals surface area contributed by atoms with Crippen molar-refractivity contribution >= 4 is 5.82 Å². The largest absolute Gasteiger partial charge is 0.378 e. The normalized spacial score (nSPS) is 10.5. The van der Waals surface area contributed by atoms with Crippen molar-refractivity contribution in [1.82, 2.24) is 9.97 Å². The fourth-order valence-electron chi connectivity index (χ4n) is 1.71. The van der Waals surface area contributed by atoms with Crippen molar-refractivity contribution in [2.24, 2.45) is 5.84 Å². The Morgan fingerprint density at radius 3 is 2.74 bits per heavy atom. The summed E-state index contributed by atoms with van der Waals surface area (Å²) in [4.78, 5) is 8.61. The van der Waals surface area contributed by atoms with Gasteiger partial charge in [-0.15, -0.1) is 0 Å². The first-order valence-corrected chi connectivity index (χ1v) is 5.74. The molecular formula is C13H15FN4O. The quantitative estimate of drug-likeness (QED) is 0.651. The summed E-state index contributed by atoms with van der Waals surface area (Å²) < 4.78 is 18.3. The number of hydrogen-bond donors (Lipinski definition) is 2. The van der Waals surface area contributed by atoms with Gasteiger partial charge < -0.3 is 10.2 Å². The molecular weight excluding hydrogens is 247 g/mol. The maximum atomic E-state index is 13.3. The van der Waals surface area contributed by atoms with E-state index in [1.165, 1.54) is 6.07 Å². The van der Waals surface area contributed by atoms with Gasteiger partial charge in [-0.3, -0.25) is 0 Å². The van der Waals surface area contributed by atoms with E-state index in [4.69, 9.17) is 10.6 Å². The zero-order chi connectivity index (χ0) is 13.8. The molecule has 6 heteroatoms. The molecule has 2 aromatic rings. The minimum absolute atomic E-state index is 0.256. The Balaban J connectivity index is 2.47. The molecule has 1 heterocycles. The van der Waals surface area contributed by atoms with Crippen molar-refractivity contribution < 1.29 is 9.13 Å². The lowest BCUT2D eigenvalue weighted by molar-refractivity contribution is 0.181. The van der Waals surface area contributed by atoms with Gasteiger partial charge in [-0.25, -0.2) is 20.2 Å². The van der Waals surface area contributed by atoms with Gasteiger partial charge in [-0.2, -0.15) is 0 Å². The van der Waals surface area contributed by atoms with Crippen molar-refractivity contribution in [2.45, 2.75) is 13.5 Å². The number of nitrogens with one attached hydrogen (secondary N) is 1. The average molecular weight is 262 g/mol. The molecule has 0 amide bonds. The summed E-state index contributed by atoms with van der Waals surface area (Å²) in [5.74, 6) is 6.08. The molecule has 2 rings (SSSR count). The summed E-state index contributed by atoms with van der Waals surface area (Å²) in [5.41, 5.74) is 4.45. The minimum atomic E-state index is -0.256. The summed E-state index contributed by atoms with van der Waals surface area (Å²) in [6.45, 7) is 2.05. The van der Waals surface area contributed by atoms with Crippen molar-refractivity contribution in [1.29, 1.82) is 0 Å². The van der Waals surface area contributed by atoms with Crippen molar-refractivity contribution in [3.05, 3.63) is 41.3 Å². The average Bonchev–Trinajstić information content (AvgIpc) is 2.42. The van der Waals surface area contributed by atoms with Crippen LogP contribution in [0.4, 0.5) is 10.2 Å². The molecule has 0 spiro atoms. The number of halogens is 1. The third kappa shape index (κ3) is 3.04. The number of nitrogen functional groups attached to an aromatic ring is 1. The smallest absolute Gasteiger partial charge is 0.161 e. The van der Waals surface area contributed by atoms with Gasteiger partial charge in [-0.1, -0.05) is 0 Å². The Kier molecular flexibility index (Phi) is 4.03. The summed E-state index contributed by atoms with van der Waals surface area (Å²) in [6, 6.07) is 6.42. The van der Waals surface area contributed by atoms with E-state index in [0.29, 0.717) is 29.5 Å². The highest BCUT2D eigenvalue weighted by molar-refractivity contribution is 5.58. The minimum Gasteiger partial charge on any atom is -0.378 e. The summed E-state index contributed by atoms with van der Waals surface area (Å²) >= 11 is 0. The summed E-state index contributed by atoms with van der Waals surface area (Å²) in [5, 5.41) is 0. The van der Waals surface area contributed by atoms with E-state index in [9.17, 15) is 4.39 Å². The van der Waals surface area contributed by atoms with E-state index in [-0.39, 0.29) is 5.82 Å². The number of hydrazine groups is 1. The predicted octanol–water partition coefficient (Wildman–Crippen LogP) is 2.02. The first kappa shape index (κ1) is 13.4. The zero-order valence-corrected chi connectivity index (χ0v) is 10.8. The van der Waals surface area contributed by atoms with E-state index >= 15 is 0 Å². The predicted molar refractivity (Wildman–Crippen MR) is 70.7 cm³/mol. The molecule has 5 nitrogen and oxygen atoms in total. The van der Waals surface area contributed by atoms with Gasteiger partial charge in [0.2, 0.25) is 0 Å². The van der Waals surface area contributed by atoms with Crippen LogP contribution in [0.3, 0.4) is 0 Å². The van der Waals surface area contributed by atoms with Gasteiger partial charge >= 0.3 is 0 Å². The molecule has 0 bridgehead atoms. The van der Waals surface area contributed by atoms with Crippen LogP contribution >= 0.6 is 0 Å². The highest BCUT2D eigenvalue weighted by Crippen LogP contribution is 2.20. The zero-order valence-electron chi connectivity index (χ0n) is 10.8. The Morgan fingerprint density at radius 1 is 1.32 bits per heavy atom. The number of ether oxygens (including phenoxy) is 1. The van der Waals surface area contributed by atoms with Gasteiger partial charge in [0.05, 0.1) is 12.3 Å². The van der Waals surface area contributed by atoms with Crippen LogP contribution in [-0.4, -0.2) is 17.1 Å². The van der Waals surface area contributed by atoms with Crippen LogP contribution < -0.4 is 11.3 Å². The molecule has 0 aliphatic carbocycles. The maximum absolute atomic E-state index is 13.3. The van der Waals surface area contributed by atoms with Crippen LogP contribution in [0.1, 0.15) is 11.3 Å². The second-order valence-corrected chi connectivity index (χ2v) is 4.11. The topological polar surface area (TPSA) is 73.1 Å². The van der Waals surface area contributed by atoms with Crippen LogP contribution in [0.2, 0.25) is 0 Å². The molecule has 0 fully saturated rings. The van der Waals surface area contributed by atoms with E-state index in [0.717, 1.165) is 5.56 Å². The molecule has 3 N–H and O–H groups in total. The first-order valence-electron chi connectivity index (χ1n) is 5.74. The molecule has 0 atom stereocenters. The number of hydrogen-bond acceptors (Lipinski definition) is 5. The number of anilines is 1. The van der Waals surface area contributed by atoms with E-state index in [1.54, 1.807) is 32.2 Å². The number of rotatable bonds is 4. The molecule has 0 radical (unpaired) electrons. The number of aromatic nitrogens is 2. The molecule has 0 aliphatic heterocycles. The molecule has 0 unspecified atom stereocenters. The number of benzene rings is 1. The van der Waals surface area contributed by atoms with E-state index in [1.807, 2.05) is 0 Å². The lowest BCUT2D eigenvalue weighted by atomic mass is 10.1. The Hall–Kier alpha value is -2.05. The Labute approximate surface area is 110 Å². The molecule has 100 valence electrons. The molecule has 0 saturated heterocycles. The van der Waals surface area contributed by atoms with Gasteiger partial charge in [0.1, 0.15) is 11.6 Å². The van der Waals surface area contributed by atoms with Crippen LogP contribution in [0, 0.1) is 12.7 Å². The fraction of sp³-hybridized carbons (Fsp3) is 0.231. The molecule has 1 aromatic carbocycles. The van der Waals surface area contributed by atoms with Crippen molar-refractivity contribution in [3.8, 4) is 11.4 Å². The number of methoxy groups -OCH3 is 1. The monoisotopic (exact) mass is 262 g/mol. The molecule has 0 aliphatic rings. The first-order chi connectivity index (χ1) is 9.13. The number of nitrogens with zero attached hydrogens (tertiary/aromatic N) is 2. The lowest BCUT2D eigenvalue weighted by Crippen LogP contribution is -2.11. The number of nitrogens with two attached hydrogens (primary N) is 1.